The monoisotopic (exact) mass is 408 g/mol. The topological polar surface area (TPSA) is 87.0 Å². The predicted octanol–water partition coefficient (Wildman–Crippen LogP) is 3.91. The molecule has 0 aliphatic carbocycles. The molecule has 3 N–H and O–H groups in total. The van der Waals surface area contributed by atoms with E-state index in [0.717, 1.165) is 18.6 Å². The fraction of sp³-hybridized carbons (Fsp3) is 0.316. The minimum atomic E-state index is -3.33. The average molecular weight is 408 g/mol. The Kier molecular flexibility index (Phi) is 5.40. The van der Waals surface area contributed by atoms with Gasteiger partial charge >= 0.3 is 0 Å². The number of carbonyl (C=O) groups is 1. The Labute approximate surface area is 162 Å². The highest BCUT2D eigenvalue weighted by Gasteiger charge is 2.29. The second-order valence-corrected chi connectivity index (χ2v) is 8.68. The largest absolute Gasteiger partial charge is 0.345 e. The number of aryl methyl sites for hydroxylation is 1. The van der Waals surface area contributed by atoms with Crippen molar-refractivity contribution in [3.05, 3.63) is 53.4 Å². The highest BCUT2D eigenvalue weighted by atomic mass is 32.2. The van der Waals surface area contributed by atoms with Crippen molar-refractivity contribution in [3.8, 4) is 0 Å². The molecule has 1 aliphatic rings. The number of hydrogen-bond acceptors (Lipinski definition) is 3. The van der Waals surface area contributed by atoms with Gasteiger partial charge in [-0.25, -0.2) is 22.5 Å². The summed E-state index contributed by atoms with van der Waals surface area (Å²) in [6.45, 7) is 3.99. The van der Waals surface area contributed by atoms with E-state index in [0.29, 0.717) is 5.56 Å². The summed E-state index contributed by atoms with van der Waals surface area (Å²) in [7, 11) is -1.72. The SMILES string of the molecule is CC[C@H](C)[C@@H]1C=Cc2c(cn(C)c2C(=O)Nc2ccc(F)c(F)c2)S(=N)(=O)N1. The fourth-order valence-electron chi connectivity index (χ4n) is 3.11. The van der Waals surface area contributed by atoms with Crippen LogP contribution in [0, 0.1) is 22.3 Å². The van der Waals surface area contributed by atoms with Crippen LogP contribution in [0.4, 0.5) is 14.5 Å². The van der Waals surface area contributed by atoms with Gasteiger partial charge in [-0.3, -0.25) is 4.79 Å². The van der Waals surface area contributed by atoms with E-state index in [9.17, 15) is 17.8 Å². The van der Waals surface area contributed by atoms with Crippen LogP contribution in [-0.4, -0.2) is 20.7 Å². The van der Waals surface area contributed by atoms with Gasteiger partial charge in [0.05, 0.1) is 4.90 Å². The number of anilines is 1. The highest BCUT2D eigenvalue weighted by Crippen LogP contribution is 2.29. The van der Waals surface area contributed by atoms with Crippen LogP contribution in [0.25, 0.3) is 6.08 Å². The summed E-state index contributed by atoms with van der Waals surface area (Å²) in [5, 5.41) is 2.52. The van der Waals surface area contributed by atoms with Crippen molar-refractivity contribution in [3.63, 3.8) is 0 Å². The van der Waals surface area contributed by atoms with Crippen molar-refractivity contribution >= 4 is 27.6 Å². The lowest BCUT2D eigenvalue weighted by atomic mass is 9.99. The van der Waals surface area contributed by atoms with E-state index in [2.05, 4.69) is 10.0 Å². The first-order valence-corrected chi connectivity index (χ1v) is 10.4. The van der Waals surface area contributed by atoms with E-state index in [1.54, 1.807) is 13.1 Å². The van der Waals surface area contributed by atoms with E-state index < -0.39 is 27.5 Å². The summed E-state index contributed by atoms with van der Waals surface area (Å²) in [4.78, 5) is 13.0. The Balaban J connectivity index is 2.01. The molecule has 2 heterocycles. The highest BCUT2D eigenvalue weighted by molar-refractivity contribution is 7.90. The standard InChI is InChI=1S/C19H22F2N4O2S/c1-4-11(2)16-8-6-13-17(28(22,27)24-16)10-25(3)18(13)19(26)23-12-5-7-14(20)15(21)9-12/h5-11,16H,4H2,1-3H3,(H,23,26)(H2,22,24,27)/t11-,16-,28?/m0/s1. The molecular weight excluding hydrogens is 386 g/mol. The third-order valence-electron chi connectivity index (χ3n) is 4.92. The number of benzene rings is 1. The number of rotatable bonds is 4. The zero-order chi connectivity index (χ0) is 20.6. The van der Waals surface area contributed by atoms with Gasteiger partial charge in [-0.1, -0.05) is 32.4 Å². The van der Waals surface area contributed by atoms with Crippen molar-refractivity contribution in [1.82, 2.24) is 9.29 Å². The van der Waals surface area contributed by atoms with Gasteiger partial charge in [0.1, 0.15) is 15.6 Å². The third kappa shape index (κ3) is 3.72. The third-order valence-corrected chi connectivity index (χ3v) is 6.46. The molecule has 0 saturated carbocycles. The van der Waals surface area contributed by atoms with Crippen molar-refractivity contribution < 1.29 is 17.8 Å². The number of nitrogens with zero attached hydrogens (tertiary/aromatic N) is 1. The number of halogens is 2. The van der Waals surface area contributed by atoms with Crippen LogP contribution in [0.1, 0.15) is 36.3 Å². The van der Waals surface area contributed by atoms with E-state index >= 15 is 0 Å². The Bertz CT molecular complexity index is 1060. The maximum Gasteiger partial charge on any atom is 0.272 e. The van der Waals surface area contributed by atoms with Crippen molar-refractivity contribution in [2.75, 3.05) is 5.32 Å². The van der Waals surface area contributed by atoms with Gasteiger partial charge in [-0.05, 0) is 18.1 Å². The van der Waals surface area contributed by atoms with Gasteiger partial charge in [-0.15, -0.1) is 0 Å². The minimum absolute atomic E-state index is 0.0960. The molecule has 6 nitrogen and oxygen atoms in total. The van der Waals surface area contributed by atoms with Crippen molar-refractivity contribution in [2.45, 2.75) is 31.2 Å². The number of hydrogen-bond donors (Lipinski definition) is 3. The summed E-state index contributed by atoms with van der Waals surface area (Å²) < 4.78 is 52.2. The lowest BCUT2D eigenvalue weighted by Crippen LogP contribution is -2.36. The molecule has 1 amide bonds. The lowest BCUT2D eigenvalue weighted by molar-refractivity contribution is 0.101. The Morgan fingerprint density at radius 3 is 2.75 bits per heavy atom. The second-order valence-electron chi connectivity index (χ2n) is 6.89. The summed E-state index contributed by atoms with van der Waals surface area (Å²) >= 11 is 0. The first kappa shape index (κ1) is 20.2. The van der Waals surface area contributed by atoms with Crippen LogP contribution in [0.5, 0.6) is 0 Å². The van der Waals surface area contributed by atoms with Crippen LogP contribution in [-0.2, 0) is 17.0 Å². The number of nitrogens with one attached hydrogen (secondary N) is 3. The molecule has 0 spiro atoms. The molecule has 0 fully saturated rings. The smallest absolute Gasteiger partial charge is 0.272 e. The Morgan fingerprint density at radius 2 is 2.11 bits per heavy atom. The molecule has 1 aromatic carbocycles. The molecule has 1 aliphatic heterocycles. The quantitative estimate of drug-likeness (QED) is 0.716. The van der Waals surface area contributed by atoms with Gasteiger partial charge < -0.3 is 9.88 Å². The summed E-state index contributed by atoms with van der Waals surface area (Å²) in [6.07, 6.45) is 5.82. The van der Waals surface area contributed by atoms with Gasteiger partial charge in [-0.2, -0.15) is 0 Å². The molecule has 3 atom stereocenters. The van der Waals surface area contributed by atoms with Crippen LogP contribution in [0.3, 0.4) is 0 Å². The van der Waals surface area contributed by atoms with Gasteiger partial charge in [0, 0.05) is 36.6 Å². The molecule has 28 heavy (non-hydrogen) atoms. The Morgan fingerprint density at radius 1 is 1.39 bits per heavy atom. The van der Waals surface area contributed by atoms with Crippen LogP contribution in [0.15, 0.2) is 35.4 Å². The first-order chi connectivity index (χ1) is 13.1. The zero-order valence-corrected chi connectivity index (χ0v) is 16.6. The summed E-state index contributed by atoms with van der Waals surface area (Å²) in [5.74, 6) is -2.50. The number of aromatic nitrogens is 1. The van der Waals surface area contributed by atoms with Crippen LogP contribution < -0.4 is 10.0 Å². The molecule has 1 unspecified atom stereocenters. The molecule has 1 aromatic heterocycles. The molecule has 0 bridgehead atoms. The molecule has 0 saturated heterocycles. The second kappa shape index (κ2) is 7.48. The first-order valence-electron chi connectivity index (χ1n) is 8.84. The van der Waals surface area contributed by atoms with Crippen molar-refractivity contribution in [1.29, 1.82) is 4.78 Å². The molecule has 0 radical (unpaired) electrons. The normalized spacial score (nSPS) is 22.4. The van der Waals surface area contributed by atoms with Crippen LogP contribution >= 0.6 is 0 Å². The molecule has 9 heteroatoms. The Hall–Kier alpha value is -2.52. The van der Waals surface area contributed by atoms with Crippen molar-refractivity contribution in [2.24, 2.45) is 13.0 Å². The number of fused-ring (bicyclic) bond motifs is 1. The van der Waals surface area contributed by atoms with Gasteiger partial charge in [0.2, 0.25) is 0 Å². The maximum absolute atomic E-state index is 13.4. The molecule has 2 aromatic rings. The van der Waals surface area contributed by atoms with Gasteiger partial charge in [0.15, 0.2) is 11.6 Å². The van der Waals surface area contributed by atoms with E-state index in [-0.39, 0.29) is 28.2 Å². The van der Waals surface area contributed by atoms with Crippen LogP contribution in [0.2, 0.25) is 0 Å². The van der Waals surface area contributed by atoms with Gasteiger partial charge in [0.25, 0.3) is 5.91 Å². The maximum atomic E-state index is 13.4. The zero-order valence-electron chi connectivity index (χ0n) is 15.8. The molecular formula is C19H22F2N4O2S. The van der Waals surface area contributed by atoms with E-state index in [4.69, 9.17) is 4.78 Å². The van der Waals surface area contributed by atoms with E-state index in [1.807, 2.05) is 19.9 Å². The molecule has 150 valence electrons. The predicted molar refractivity (Wildman–Crippen MR) is 104 cm³/mol. The minimum Gasteiger partial charge on any atom is -0.345 e. The number of amides is 1. The fourth-order valence-corrected chi connectivity index (χ4v) is 4.71. The number of carbonyl (C=O) groups excluding carboxylic acids is 1. The average Bonchev–Trinajstić information content (AvgIpc) is 2.92. The summed E-state index contributed by atoms with van der Waals surface area (Å²) in [6, 6.07) is 2.80. The summed E-state index contributed by atoms with van der Waals surface area (Å²) in [5.41, 5.74) is 0.655. The lowest BCUT2D eigenvalue weighted by Gasteiger charge is -2.20. The van der Waals surface area contributed by atoms with E-state index in [1.165, 1.54) is 16.8 Å². The molecule has 3 rings (SSSR count).